The van der Waals surface area contributed by atoms with Gasteiger partial charge in [-0.25, -0.2) is 39.1 Å². The number of fused-ring (bicyclic) bond motifs is 2. The standard InChI is InChI=1S/C20H17ClF2N4O3S.C16H13ClF2N2O.C4H5ClN2O2S.ClH/c1-27-9-8-18(25-27)31(29,30)26-17-7-4-12-13(3-6-16(23)19(12)17)20(28)24-11-2-5-15(22)14(21)10-11;17-11-7-8(1-4-12(11)18)21-16(22)10-2-5-13(19)15-9(10)3-6-14(15)20;1-7-3-2-4(6-7)10(5,8)9;/h2-3,5-6,8-10,17,26H,4,7H2,1H3,(H,24,28);1-2,4-5,7,14H,3,6,20H2,(H,21,22);2-3H,1H3;1H/t17-;14-;;/m00../s1. The van der Waals surface area contributed by atoms with E-state index >= 15 is 0 Å². The third kappa shape index (κ3) is 11.6. The molecule has 2 heterocycles. The number of hydrogen-bond acceptors (Lipinski definition) is 9. The van der Waals surface area contributed by atoms with Crippen molar-refractivity contribution in [3.05, 3.63) is 152 Å². The summed E-state index contributed by atoms with van der Waals surface area (Å²) < 4.78 is 106. The van der Waals surface area contributed by atoms with Gasteiger partial charge in [-0.2, -0.15) is 10.2 Å². The number of halogens is 8. The van der Waals surface area contributed by atoms with Gasteiger partial charge in [0.25, 0.3) is 30.9 Å². The van der Waals surface area contributed by atoms with E-state index in [-0.39, 0.29) is 67.6 Å². The molecule has 8 rings (SSSR count). The Kier molecular flexibility index (Phi) is 15.9. The van der Waals surface area contributed by atoms with E-state index in [0.29, 0.717) is 47.2 Å². The summed E-state index contributed by atoms with van der Waals surface area (Å²) in [6.07, 6.45) is 4.75. The van der Waals surface area contributed by atoms with Gasteiger partial charge in [0.05, 0.1) is 16.1 Å². The van der Waals surface area contributed by atoms with Gasteiger partial charge in [0.1, 0.15) is 23.3 Å². The van der Waals surface area contributed by atoms with Crippen molar-refractivity contribution in [2.24, 2.45) is 19.8 Å². The van der Waals surface area contributed by atoms with E-state index < -0.39 is 54.4 Å². The summed E-state index contributed by atoms with van der Waals surface area (Å²) in [5, 5.41) is 12.2. The summed E-state index contributed by atoms with van der Waals surface area (Å²) in [7, 11) is 0.557. The molecule has 0 bridgehead atoms. The SMILES string of the molecule is Cl.Cn1ccc(S(=O)(=O)Cl)n1.Cn1ccc(S(=O)(=O)N[C@H]2CCc3c(C(=O)Nc4ccc(F)c(Cl)c4)ccc(F)c32)n1.N[C@H]1CCc2c(C(=O)Nc3ccc(F)c(Cl)c3)ccc(F)c21. The molecular formula is C40H36Cl4F4N8O6S2. The van der Waals surface area contributed by atoms with E-state index in [0.717, 1.165) is 12.1 Å². The van der Waals surface area contributed by atoms with Crippen LogP contribution in [-0.2, 0) is 46.0 Å². The summed E-state index contributed by atoms with van der Waals surface area (Å²) in [5.41, 5.74) is 8.70. The Morgan fingerprint density at radius 2 is 1.11 bits per heavy atom. The van der Waals surface area contributed by atoms with Crippen LogP contribution in [0.2, 0.25) is 10.0 Å². The van der Waals surface area contributed by atoms with Crippen molar-refractivity contribution in [3.8, 4) is 0 Å². The van der Waals surface area contributed by atoms with Crippen molar-refractivity contribution in [1.82, 2.24) is 24.3 Å². The molecule has 0 spiro atoms. The largest absolute Gasteiger partial charge is 0.324 e. The number of carbonyl (C=O) groups is 2. The van der Waals surface area contributed by atoms with Crippen LogP contribution in [0.3, 0.4) is 0 Å². The quantitative estimate of drug-likeness (QED) is 0.0858. The van der Waals surface area contributed by atoms with Gasteiger partial charge >= 0.3 is 0 Å². The number of aryl methyl sites for hydroxylation is 2. The molecule has 24 heteroatoms. The minimum Gasteiger partial charge on any atom is -0.324 e. The molecule has 0 unspecified atom stereocenters. The highest BCUT2D eigenvalue weighted by Gasteiger charge is 2.34. The van der Waals surface area contributed by atoms with Crippen LogP contribution in [0.25, 0.3) is 0 Å². The third-order valence-corrected chi connectivity index (χ3v) is 12.9. The van der Waals surface area contributed by atoms with Gasteiger partial charge in [-0.15, -0.1) is 12.4 Å². The van der Waals surface area contributed by atoms with Crippen molar-refractivity contribution >= 4 is 88.6 Å². The van der Waals surface area contributed by atoms with Crippen LogP contribution in [0.15, 0.2) is 95.2 Å². The Balaban J connectivity index is 0.000000203. The van der Waals surface area contributed by atoms with Gasteiger partial charge in [0.15, 0.2) is 10.1 Å². The zero-order valence-electron chi connectivity index (χ0n) is 33.3. The number of nitrogens with one attached hydrogen (secondary N) is 3. The van der Waals surface area contributed by atoms with Gasteiger partial charge < -0.3 is 16.4 Å². The summed E-state index contributed by atoms with van der Waals surface area (Å²) in [6.45, 7) is 0. The molecular weight excluding hydrogens is 970 g/mol. The van der Waals surface area contributed by atoms with Crippen LogP contribution in [0, 0.1) is 23.3 Å². The second-order valence-electron chi connectivity index (χ2n) is 14.1. The molecule has 5 N–H and O–H groups in total. The van der Waals surface area contributed by atoms with E-state index in [1.165, 1.54) is 82.4 Å². The first-order valence-electron chi connectivity index (χ1n) is 18.5. The zero-order chi connectivity index (χ0) is 46.0. The number of nitrogens with zero attached hydrogens (tertiary/aromatic N) is 4. The van der Waals surface area contributed by atoms with Gasteiger partial charge in [0, 0.05) is 76.8 Å². The van der Waals surface area contributed by atoms with Gasteiger partial charge in [-0.1, -0.05) is 23.2 Å². The zero-order valence-corrected chi connectivity index (χ0v) is 38.0. The first-order valence-corrected chi connectivity index (χ1v) is 23.0. The predicted octanol–water partition coefficient (Wildman–Crippen LogP) is 8.16. The molecule has 0 fully saturated rings. The molecule has 0 aliphatic heterocycles. The number of rotatable bonds is 8. The molecule has 0 saturated carbocycles. The number of amides is 2. The molecule has 64 heavy (non-hydrogen) atoms. The van der Waals surface area contributed by atoms with Crippen LogP contribution < -0.4 is 21.1 Å². The van der Waals surface area contributed by atoms with Crippen LogP contribution in [0.1, 0.15) is 67.9 Å². The number of sulfonamides is 1. The molecule has 0 saturated heterocycles. The lowest BCUT2D eigenvalue weighted by Crippen LogP contribution is -2.28. The summed E-state index contributed by atoms with van der Waals surface area (Å²) in [6, 6.07) is 14.2. The van der Waals surface area contributed by atoms with Gasteiger partial charge in [-0.3, -0.25) is 19.0 Å². The Hall–Kier alpha value is -5.06. The molecule has 2 aliphatic carbocycles. The maximum absolute atomic E-state index is 14.6. The number of benzene rings is 4. The Bertz CT molecular complexity index is 2980. The minimum absolute atomic E-state index is 0. The highest BCUT2D eigenvalue weighted by atomic mass is 35.7. The summed E-state index contributed by atoms with van der Waals surface area (Å²) in [4.78, 5) is 25.2. The van der Waals surface area contributed by atoms with Crippen molar-refractivity contribution in [2.75, 3.05) is 10.6 Å². The first kappa shape index (κ1) is 49.9. The number of nitrogens with two attached hydrogens (primary N) is 1. The van der Waals surface area contributed by atoms with E-state index in [2.05, 4.69) is 25.6 Å². The maximum atomic E-state index is 14.6. The van der Waals surface area contributed by atoms with E-state index in [1.54, 1.807) is 14.1 Å². The topological polar surface area (TPSA) is 200 Å². The monoisotopic (exact) mass is 1000 g/mol. The van der Waals surface area contributed by atoms with E-state index in [1.807, 2.05) is 0 Å². The lowest BCUT2D eigenvalue weighted by atomic mass is 10.0. The number of anilines is 2. The van der Waals surface area contributed by atoms with Crippen molar-refractivity contribution in [3.63, 3.8) is 0 Å². The van der Waals surface area contributed by atoms with E-state index in [4.69, 9.17) is 39.6 Å². The normalized spacial score (nSPS) is 15.1. The molecule has 2 atom stereocenters. The number of carbonyl (C=O) groups excluding carboxylic acids is 2. The Labute approximate surface area is 385 Å². The second kappa shape index (κ2) is 20.4. The number of hydrogen-bond donors (Lipinski definition) is 4. The lowest BCUT2D eigenvalue weighted by molar-refractivity contribution is 0.101. The predicted molar refractivity (Wildman–Crippen MR) is 235 cm³/mol. The van der Waals surface area contributed by atoms with Crippen molar-refractivity contribution in [1.29, 1.82) is 0 Å². The van der Waals surface area contributed by atoms with Gasteiger partial charge in [0.2, 0.25) is 0 Å². The van der Waals surface area contributed by atoms with Crippen LogP contribution >= 0.6 is 46.3 Å². The lowest BCUT2D eigenvalue weighted by Gasteiger charge is -2.15. The average molecular weight is 1010 g/mol. The fourth-order valence-corrected chi connectivity index (χ4v) is 9.13. The second-order valence-corrected chi connectivity index (χ2v) is 19.1. The number of aromatic nitrogens is 4. The van der Waals surface area contributed by atoms with Crippen LogP contribution in [0.5, 0.6) is 0 Å². The molecule has 4 aromatic carbocycles. The average Bonchev–Trinajstić information content (AvgIpc) is 4.04. The minimum atomic E-state index is -3.97. The molecule has 0 radical (unpaired) electrons. The maximum Gasteiger partial charge on any atom is 0.280 e. The molecule has 2 amide bonds. The highest BCUT2D eigenvalue weighted by molar-refractivity contribution is 8.13. The van der Waals surface area contributed by atoms with Crippen LogP contribution in [0.4, 0.5) is 28.9 Å². The van der Waals surface area contributed by atoms with Crippen LogP contribution in [-0.4, -0.2) is 48.2 Å². The molecule has 340 valence electrons. The smallest absolute Gasteiger partial charge is 0.280 e. The Morgan fingerprint density at radius 1 is 0.672 bits per heavy atom. The molecule has 6 aromatic rings. The molecule has 2 aromatic heterocycles. The highest BCUT2D eigenvalue weighted by Crippen LogP contribution is 2.37. The fraction of sp³-hybridized carbons (Fsp3) is 0.200. The summed E-state index contributed by atoms with van der Waals surface area (Å²) in [5.74, 6) is -3.11. The Morgan fingerprint density at radius 3 is 1.55 bits per heavy atom. The summed E-state index contributed by atoms with van der Waals surface area (Å²) >= 11 is 11.4. The fourth-order valence-electron chi connectivity index (χ4n) is 6.86. The molecule has 14 nitrogen and oxygen atoms in total. The first-order chi connectivity index (χ1) is 29.6. The van der Waals surface area contributed by atoms with Gasteiger partial charge in [-0.05, 0) is 110 Å². The molecule has 2 aliphatic rings. The van der Waals surface area contributed by atoms with E-state index in [9.17, 15) is 44.0 Å². The third-order valence-electron chi connectivity index (χ3n) is 9.76. The van der Waals surface area contributed by atoms with Crippen molar-refractivity contribution in [2.45, 2.75) is 47.8 Å². The van der Waals surface area contributed by atoms with Crippen molar-refractivity contribution < 1.29 is 44.0 Å².